The van der Waals surface area contributed by atoms with Gasteiger partial charge in [-0.3, -0.25) is 4.68 Å². The monoisotopic (exact) mass is 330 g/mol. The van der Waals surface area contributed by atoms with E-state index in [2.05, 4.69) is 21.8 Å². The molecule has 0 spiro atoms. The van der Waals surface area contributed by atoms with Gasteiger partial charge in [-0.05, 0) is 50.5 Å². The summed E-state index contributed by atoms with van der Waals surface area (Å²) in [7, 11) is 1.65. The van der Waals surface area contributed by atoms with Gasteiger partial charge in [0.25, 0.3) is 0 Å². The fraction of sp³-hybridized carbons (Fsp3) is 0.444. The van der Waals surface area contributed by atoms with Crippen LogP contribution in [0.3, 0.4) is 0 Å². The molecular weight excluding hydrogens is 304 g/mol. The fourth-order valence-electron chi connectivity index (χ4n) is 2.51. The second kappa shape index (κ2) is 8.96. The summed E-state index contributed by atoms with van der Waals surface area (Å²) >= 11 is 0. The molecule has 0 radical (unpaired) electrons. The molecule has 2 aromatic rings. The van der Waals surface area contributed by atoms with E-state index < -0.39 is 0 Å². The van der Waals surface area contributed by atoms with Gasteiger partial charge in [0.05, 0.1) is 12.8 Å². The first-order valence-corrected chi connectivity index (χ1v) is 8.24. The minimum atomic E-state index is -0.128. The predicted octanol–water partition coefficient (Wildman–Crippen LogP) is 2.44. The quantitative estimate of drug-likeness (QED) is 0.731. The number of ether oxygens (including phenoxy) is 1. The number of methoxy groups -OCH3 is 1. The van der Waals surface area contributed by atoms with Gasteiger partial charge in [-0.1, -0.05) is 12.1 Å². The van der Waals surface area contributed by atoms with Crippen molar-refractivity contribution in [3.63, 3.8) is 0 Å². The second-order valence-corrected chi connectivity index (χ2v) is 5.78. The average Bonchev–Trinajstić information content (AvgIpc) is 2.90. The number of rotatable bonds is 8. The number of nitrogens with one attached hydrogen (secondary N) is 2. The molecule has 2 amide bonds. The highest BCUT2D eigenvalue weighted by Gasteiger charge is 2.02. The van der Waals surface area contributed by atoms with Crippen molar-refractivity contribution in [1.29, 1.82) is 0 Å². The third-order valence-corrected chi connectivity index (χ3v) is 3.79. The molecule has 0 fully saturated rings. The minimum Gasteiger partial charge on any atom is -0.497 e. The number of nitrogens with zero attached hydrogens (tertiary/aromatic N) is 2. The van der Waals surface area contributed by atoms with Crippen LogP contribution in [0.25, 0.3) is 0 Å². The van der Waals surface area contributed by atoms with Crippen LogP contribution >= 0.6 is 0 Å². The summed E-state index contributed by atoms with van der Waals surface area (Å²) in [6.45, 7) is 6.07. The molecule has 1 aromatic carbocycles. The first-order chi connectivity index (χ1) is 11.6. The van der Waals surface area contributed by atoms with E-state index in [1.807, 2.05) is 42.8 Å². The van der Waals surface area contributed by atoms with Crippen molar-refractivity contribution >= 4 is 6.03 Å². The van der Waals surface area contributed by atoms with Gasteiger partial charge in [-0.2, -0.15) is 5.10 Å². The molecule has 0 aliphatic rings. The van der Waals surface area contributed by atoms with Crippen molar-refractivity contribution in [3.8, 4) is 5.75 Å². The number of hydrogen-bond acceptors (Lipinski definition) is 3. The largest absolute Gasteiger partial charge is 0.497 e. The Bertz CT molecular complexity index is 650. The Balaban J connectivity index is 1.58. The van der Waals surface area contributed by atoms with Crippen LogP contribution in [0.5, 0.6) is 5.75 Å². The predicted molar refractivity (Wildman–Crippen MR) is 94.4 cm³/mol. The summed E-state index contributed by atoms with van der Waals surface area (Å²) in [4.78, 5) is 11.8. The SMILES string of the molecule is COc1ccc(CCNC(=O)NCCCn2nc(C)cc2C)cc1. The van der Waals surface area contributed by atoms with Crippen LogP contribution in [-0.4, -0.2) is 36.0 Å². The zero-order valence-corrected chi connectivity index (χ0v) is 14.6. The van der Waals surface area contributed by atoms with Gasteiger partial charge < -0.3 is 15.4 Å². The maximum Gasteiger partial charge on any atom is 0.314 e. The van der Waals surface area contributed by atoms with Crippen molar-refractivity contribution < 1.29 is 9.53 Å². The van der Waals surface area contributed by atoms with E-state index in [9.17, 15) is 4.79 Å². The molecule has 24 heavy (non-hydrogen) atoms. The lowest BCUT2D eigenvalue weighted by atomic mass is 10.1. The van der Waals surface area contributed by atoms with Crippen LogP contribution in [0.4, 0.5) is 4.79 Å². The molecule has 0 saturated carbocycles. The van der Waals surface area contributed by atoms with E-state index in [4.69, 9.17) is 4.74 Å². The van der Waals surface area contributed by atoms with Crippen LogP contribution < -0.4 is 15.4 Å². The summed E-state index contributed by atoms with van der Waals surface area (Å²) in [5.74, 6) is 0.840. The Labute approximate surface area is 143 Å². The molecule has 6 nitrogen and oxygen atoms in total. The Kier molecular flexibility index (Phi) is 6.66. The number of urea groups is 1. The van der Waals surface area contributed by atoms with Crippen LogP contribution in [0, 0.1) is 13.8 Å². The Morgan fingerprint density at radius 1 is 1.17 bits per heavy atom. The molecule has 0 unspecified atom stereocenters. The highest BCUT2D eigenvalue weighted by Crippen LogP contribution is 2.11. The van der Waals surface area contributed by atoms with E-state index >= 15 is 0 Å². The average molecular weight is 330 g/mol. The first kappa shape index (κ1) is 17.8. The van der Waals surface area contributed by atoms with Crippen molar-refractivity contribution in [2.24, 2.45) is 0 Å². The summed E-state index contributed by atoms with van der Waals surface area (Å²) in [5, 5.41) is 10.1. The molecule has 130 valence electrons. The smallest absolute Gasteiger partial charge is 0.314 e. The maximum atomic E-state index is 11.8. The number of carbonyl (C=O) groups excluding carboxylic acids is 1. The van der Waals surface area contributed by atoms with Crippen LogP contribution in [0.2, 0.25) is 0 Å². The number of hydrogen-bond donors (Lipinski definition) is 2. The molecule has 0 saturated heterocycles. The highest BCUT2D eigenvalue weighted by molar-refractivity contribution is 5.73. The number of carbonyl (C=O) groups is 1. The molecule has 6 heteroatoms. The van der Waals surface area contributed by atoms with Gasteiger partial charge in [0.1, 0.15) is 5.75 Å². The lowest BCUT2D eigenvalue weighted by Gasteiger charge is -2.09. The third-order valence-electron chi connectivity index (χ3n) is 3.79. The minimum absolute atomic E-state index is 0.128. The van der Waals surface area contributed by atoms with Gasteiger partial charge in [0.15, 0.2) is 0 Å². The molecule has 0 atom stereocenters. The molecule has 2 N–H and O–H groups in total. The second-order valence-electron chi connectivity index (χ2n) is 5.78. The van der Waals surface area contributed by atoms with E-state index in [0.717, 1.165) is 36.5 Å². The lowest BCUT2D eigenvalue weighted by molar-refractivity contribution is 0.240. The zero-order valence-electron chi connectivity index (χ0n) is 14.6. The van der Waals surface area contributed by atoms with Crippen molar-refractivity contribution in [1.82, 2.24) is 20.4 Å². The van der Waals surface area contributed by atoms with Crippen LogP contribution in [0.1, 0.15) is 23.4 Å². The molecular formula is C18H26N4O2. The fourth-order valence-corrected chi connectivity index (χ4v) is 2.51. The number of benzene rings is 1. The van der Waals surface area contributed by atoms with Crippen molar-refractivity contribution in [3.05, 3.63) is 47.3 Å². The maximum absolute atomic E-state index is 11.8. The molecule has 0 bridgehead atoms. The first-order valence-electron chi connectivity index (χ1n) is 8.24. The van der Waals surface area contributed by atoms with Crippen molar-refractivity contribution in [2.75, 3.05) is 20.2 Å². The van der Waals surface area contributed by atoms with Gasteiger partial charge in [-0.15, -0.1) is 0 Å². The van der Waals surface area contributed by atoms with E-state index in [-0.39, 0.29) is 6.03 Å². The molecule has 1 aromatic heterocycles. The highest BCUT2D eigenvalue weighted by atomic mass is 16.5. The Morgan fingerprint density at radius 3 is 2.50 bits per heavy atom. The normalized spacial score (nSPS) is 10.5. The number of amides is 2. The van der Waals surface area contributed by atoms with E-state index in [1.54, 1.807) is 7.11 Å². The van der Waals surface area contributed by atoms with Gasteiger partial charge in [0.2, 0.25) is 0 Å². The molecule has 0 aliphatic carbocycles. The van der Waals surface area contributed by atoms with E-state index in [0.29, 0.717) is 13.1 Å². The topological polar surface area (TPSA) is 68.2 Å². The summed E-state index contributed by atoms with van der Waals surface area (Å²) < 4.78 is 7.09. The van der Waals surface area contributed by atoms with Gasteiger partial charge >= 0.3 is 6.03 Å². The molecule has 2 rings (SSSR count). The third kappa shape index (κ3) is 5.61. The molecule has 1 heterocycles. The van der Waals surface area contributed by atoms with Crippen molar-refractivity contribution in [2.45, 2.75) is 33.2 Å². The summed E-state index contributed by atoms with van der Waals surface area (Å²) in [6, 6.07) is 9.79. The lowest BCUT2D eigenvalue weighted by Crippen LogP contribution is -2.37. The number of aryl methyl sites for hydroxylation is 3. The van der Waals surface area contributed by atoms with Crippen LogP contribution in [0.15, 0.2) is 30.3 Å². The standard InChI is InChI=1S/C18H26N4O2/c1-14-13-15(2)22(21-14)12-4-10-19-18(23)20-11-9-16-5-7-17(24-3)8-6-16/h5-8,13H,4,9-12H2,1-3H3,(H2,19,20,23). The molecule has 0 aliphatic heterocycles. The Hall–Kier alpha value is -2.50. The Morgan fingerprint density at radius 2 is 1.88 bits per heavy atom. The van der Waals surface area contributed by atoms with Gasteiger partial charge in [0, 0.05) is 25.3 Å². The number of aromatic nitrogens is 2. The van der Waals surface area contributed by atoms with E-state index in [1.165, 1.54) is 5.56 Å². The van der Waals surface area contributed by atoms with Crippen LogP contribution in [-0.2, 0) is 13.0 Å². The van der Waals surface area contributed by atoms with Gasteiger partial charge in [-0.25, -0.2) is 4.79 Å². The summed E-state index contributed by atoms with van der Waals surface area (Å²) in [6.07, 6.45) is 1.65. The summed E-state index contributed by atoms with van der Waals surface area (Å²) in [5.41, 5.74) is 3.34. The zero-order chi connectivity index (χ0) is 17.4.